The van der Waals surface area contributed by atoms with Crippen molar-refractivity contribution in [3.8, 4) is 6.07 Å². The summed E-state index contributed by atoms with van der Waals surface area (Å²) < 4.78 is 10.2. The second kappa shape index (κ2) is 3.70. The Morgan fingerprint density at radius 2 is 2.18 bits per heavy atom. The second-order valence-electron chi connectivity index (χ2n) is 2.94. The summed E-state index contributed by atoms with van der Waals surface area (Å²) in [6, 6.07) is 2.31. The van der Waals surface area contributed by atoms with Gasteiger partial charge in [-0.05, 0) is 12.8 Å². The molecule has 3 nitrogen and oxygen atoms in total. The first-order valence-corrected chi connectivity index (χ1v) is 3.81. The SMILES string of the molecule is COCC1(C#N)CCOCC1. The van der Waals surface area contributed by atoms with Crippen LogP contribution in [0, 0.1) is 16.7 Å². The predicted octanol–water partition coefficient (Wildman–Crippen LogP) is 0.953. The van der Waals surface area contributed by atoms with Crippen LogP contribution in [0.2, 0.25) is 0 Å². The monoisotopic (exact) mass is 155 g/mol. The number of rotatable bonds is 2. The van der Waals surface area contributed by atoms with Crippen LogP contribution in [0.5, 0.6) is 0 Å². The summed E-state index contributed by atoms with van der Waals surface area (Å²) in [6.45, 7) is 1.92. The molecular weight excluding hydrogens is 142 g/mol. The Morgan fingerprint density at radius 1 is 1.55 bits per heavy atom. The molecule has 0 aliphatic carbocycles. The summed E-state index contributed by atoms with van der Waals surface area (Å²) in [6.07, 6.45) is 1.61. The number of nitriles is 1. The predicted molar refractivity (Wildman–Crippen MR) is 40.0 cm³/mol. The molecule has 1 aliphatic rings. The molecule has 0 aromatic rings. The lowest BCUT2D eigenvalue weighted by molar-refractivity contribution is 0.00188. The van der Waals surface area contributed by atoms with E-state index in [0.717, 1.165) is 12.8 Å². The van der Waals surface area contributed by atoms with Crippen LogP contribution >= 0.6 is 0 Å². The molecule has 0 amide bonds. The molecule has 3 heteroatoms. The highest BCUT2D eigenvalue weighted by atomic mass is 16.5. The minimum atomic E-state index is -0.271. The Morgan fingerprint density at radius 3 is 2.64 bits per heavy atom. The van der Waals surface area contributed by atoms with Gasteiger partial charge in [0.15, 0.2) is 0 Å². The summed E-state index contributed by atoms with van der Waals surface area (Å²) in [5.74, 6) is 0. The molecule has 1 saturated heterocycles. The molecule has 0 atom stereocenters. The normalized spacial score (nSPS) is 22.5. The zero-order chi connectivity index (χ0) is 8.16. The molecule has 0 aromatic carbocycles. The van der Waals surface area contributed by atoms with Crippen LogP contribution in [0.3, 0.4) is 0 Å². The van der Waals surface area contributed by atoms with Crippen molar-refractivity contribution in [2.45, 2.75) is 12.8 Å². The lowest BCUT2D eigenvalue weighted by Crippen LogP contribution is -2.32. The van der Waals surface area contributed by atoms with E-state index in [1.165, 1.54) is 0 Å². The van der Waals surface area contributed by atoms with E-state index in [-0.39, 0.29) is 5.41 Å². The molecule has 11 heavy (non-hydrogen) atoms. The molecule has 0 bridgehead atoms. The third-order valence-electron chi connectivity index (χ3n) is 2.11. The molecule has 62 valence electrons. The quantitative estimate of drug-likeness (QED) is 0.596. The zero-order valence-electron chi connectivity index (χ0n) is 6.80. The van der Waals surface area contributed by atoms with Crippen LogP contribution in [0.4, 0.5) is 0 Å². The van der Waals surface area contributed by atoms with E-state index in [9.17, 15) is 0 Å². The van der Waals surface area contributed by atoms with Gasteiger partial charge in [-0.2, -0.15) is 5.26 Å². The van der Waals surface area contributed by atoms with E-state index in [1.54, 1.807) is 7.11 Å². The van der Waals surface area contributed by atoms with E-state index in [1.807, 2.05) is 0 Å². The fourth-order valence-electron chi connectivity index (χ4n) is 1.33. The lowest BCUT2D eigenvalue weighted by Gasteiger charge is -2.29. The minimum Gasteiger partial charge on any atom is -0.383 e. The average molecular weight is 155 g/mol. The Bertz CT molecular complexity index is 150. The van der Waals surface area contributed by atoms with Crippen molar-refractivity contribution in [3.05, 3.63) is 0 Å². The van der Waals surface area contributed by atoms with Crippen LogP contribution in [0.25, 0.3) is 0 Å². The smallest absolute Gasteiger partial charge is 0.0850 e. The van der Waals surface area contributed by atoms with Crippen LogP contribution in [0.15, 0.2) is 0 Å². The van der Waals surface area contributed by atoms with E-state index in [4.69, 9.17) is 14.7 Å². The van der Waals surface area contributed by atoms with Crippen molar-refractivity contribution in [2.75, 3.05) is 26.9 Å². The van der Waals surface area contributed by atoms with E-state index in [2.05, 4.69) is 6.07 Å². The van der Waals surface area contributed by atoms with Crippen molar-refractivity contribution in [1.82, 2.24) is 0 Å². The summed E-state index contributed by atoms with van der Waals surface area (Å²) in [5.41, 5.74) is -0.271. The Kier molecular flexibility index (Phi) is 2.86. The third kappa shape index (κ3) is 1.92. The van der Waals surface area contributed by atoms with Crippen molar-refractivity contribution in [1.29, 1.82) is 5.26 Å². The molecule has 1 heterocycles. The molecule has 1 rings (SSSR count). The van der Waals surface area contributed by atoms with Crippen molar-refractivity contribution in [2.24, 2.45) is 5.41 Å². The molecule has 0 radical (unpaired) electrons. The van der Waals surface area contributed by atoms with Crippen molar-refractivity contribution in [3.63, 3.8) is 0 Å². The first-order chi connectivity index (χ1) is 5.33. The van der Waals surface area contributed by atoms with E-state index < -0.39 is 0 Å². The number of methoxy groups -OCH3 is 1. The first-order valence-electron chi connectivity index (χ1n) is 3.81. The highest BCUT2D eigenvalue weighted by Gasteiger charge is 2.32. The van der Waals surface area contributed by atoms with Gasteiger partial charge in [0.05, 0.1) is 18.1 Å². The molecule has 0 spiro atoms. The summed E-state index contributed by atoms with van der Waals surface area (Å²) in [4.78, 5) is 0. The Labute approximate surface area is 66.9 Å². The van der Waals surface area contributed by atoms with Gasteiger partial charge in [0.1, 0.15) is 0 Å². The van der Waals surface area contributed by atoms with Gasteiger partial charge in [-0.1, -0.05) is 0 Å². The van der Waals surface area contributed by atoms with Gasteiger partial charge >= 0.3 is 0 Å². The van der Waals surface area contributed by atoms with E-state index in [0.29, 0.717) is 19.8 Å². The topological polar surface area (TPSA) is 42.2 Å². The number of hydrogen-bond acceptors (Lipinski definition) is 3. The third-order valence-corrected chi connectivity index (χ3v) is 2.11. The van der Waals surface area contributed by atoms with Gasteiger partial charge < -0.3 is 9.47 Å². The fraction of sp³-hybridized carbons (Fsp3) is 0.875. The molecule has 0 unspecified atom stereocenters. The second-order valence-corrected chi connectivity index (χ2v) is 2.94. The van der Waals surface area contributed by atoms with Gasteiger partial charge in [0, 0.05) is 20.3 Å². The minimum absolute atomic E-state index is 0.271. The summed E-state index contributed by atoms with van der Waals surface area (Å²) >= 11 is 0. The van der Waals surface area contributed by atoms with Gasteiger partial charge in [0.25, 0.3) is 0 Å². The largest absolute Gasteiger partial charge is 0.383 e. The van der Waals surface area contributed by atoms with Gasteiger partial charge in [-0.15, -0.1) is 0 Å². The lowest BCUT2D eigenvalue weighted by atomic mass is 9.83. The Hall–Kier alpha value is -0.590. The molecule has 1 aliphatic heterocycles. The molecule has 0 aromatic heterocycles. The Balaban J connectivity index is 2.51. The maximum Gasteiger partial charge on any atom is 0.0850 e. The first kappa shape index (κ1) is 8.51. The number of hydrogen-bond donors (Lipinski definition) is 0. The number of ether oxygens (including phenoxy) is 2. The van der Waals surface area contributed by atoms with Crippen molar-refractivity contribution >= 4 is 0 Å². The molecular formula is C8H13NO2. The van der Waals surface area contributed by atoms with Crippen LogP contribution in [0.1, 0.15) is 12.8 Å². The van der Waals surface area contributed by atoms with Crippen LogP contribution in [-0.2, 0) is 9.47 Å². The molecule has 0 saturated carbocycles. The molecule has 1 fully saturated rings. The molecule has 0 N–H and O–H groups in total. The van der Waals surface area contributed by atoms with Gasteiger partial charge in [-0.3, -0.25) is 0 Å². The van der Waals surface area contributed by atoms with Crippen molar-refractivity contribution < 1.29 is 9.47 Å². The highest BCUT2D eigenvalue weighted by molar-refractivity contribution is 5.00. The highest BCUT2D eigenvalue weighted by Crippen LogP contribution is 2.29. The maximum absolute atomic E-state index is 8.89. The summed E-state index contributed by atoms with van der Waals surface area (Å²) in [5, 5.41) is 8.89. The van der Waals surface area contributed by atoms with Crippen LogP contribution < -0.4 is 0 Å². The standard InChI is InChI=1S/C8H13NO2/c1-10-7-8(6-9)2-4-11-5-3-8/h2-5,7H2,1H3. The number of nitrogens with zero attached hydrogens (tertiary/aromatic N) is 1. The van der Waals surface area contributed by atoms with Crippen LogP contribution in [-0.4, -0.2) is 26.9 Å². The van der Waals surface area contributed by atoms with Gasteiger partial charge in [-0.25, -0.2) is 0 Å². The zero-order valence-corrected chi connectivity index (χ0v) is 6.80. The maximum atomic E-state index is 8.89. The summed E-state index contributed by atoms with van der Waals surface area (Å²) in [7, 11) is 1.63. The van der Waals surface area contributed by atoms with Gasteiger partial charge in [0.2, 0.25) is 0 Å². The fourth-order valence-corrected chi connectivity index (χ4v) is 1.33. The average Bonchev–Trinajstić information content (AvgIpc) is 2.07. The van der Waals surface area contributed by atoms with E-state index >= 15 is 0 Å².